The fourth-order valence-corrected chi connectivity index (χ4v) is 1.73. The molecule has 0 heterocycles. The lowest BCUT2D eigenvalue weighted by Crippen LogP contribution is -2.33. The van der Waals surface area contributed by atoms with Gasteiger partial charge >= 0.3 is 0 Å². The summed E-state index contributed by atoms with van der Waals surface area (Å²) in [6.45, 7) is 0.414. The number of sulfonamides is 1. The van der Waals surface area contributed by atoms with Crippen molar-refractivity contribution >= 4 is 10.0 Å². The van der Waals surface area contributed by atoms with Gasteiger partial charge in [-0.05, 0) is 14.1 Å². The average Bonchev–Trinajstić information content (AvgIpc) is 1.98. The van der Waals surface area contributed by atoms with Crippen LogP contribution in [0.15, 0.2) is 0 Å². The second kappa shape index (κ2) is 5.47. The van der Waals surface area contributed by atoms with Crippen molar-refractivity contribution in [1.29, 1.82) is 0 Å². The second-order valence-corrected chi connectivity index (χ2v) is 4.67. The van der Waals surface area contributed by atoms with Gasteiger partial charge in [-0.25, -0.2) is 13.1 Å². The fraction of sp³-hybridized carbons (Fsp3) is 1.00. The Labute approximate surface area is 73.4 Å². The van der Waals surface area contributed by atoms with Crippen molar-refractivity contribution in [2.45, 2.75) is 0 Å². The molecule has 0 amide bonds. The lowest BCUT2D eigenvalue weighted by atomic mass is 10.7. The van der Waals surface area contributed by atoms with E-state index in [9.17, 15) is 8.42 Å². The van der Waals surface area contributed by atoms with Crippen LogP contribution in [0.5, 0.6) is 0 Å². The highest BCUT2D eigenvalue weighted by Crippen LogP contribution is 1.84. The van der Waals surface area contributed by atoms with Crippen molar-refractivity contribution < 1.29 is 13.5 Å². The summed E-state index contributed by atoms with van der Waals surface area (Å²) in [4.78, 5) is 1.79. The Morgan fingerprint density at radius 3 is 2.42 bits per heavy atom. The summed E-state index contributed by atoms with van der Waals surface area (Å²) in [6.07, 6.45) is 0. The van der Waals surface area contributed by atoms with E-state index in [1.165, 1.54) is 0 Å². The maximum Gasteiger partial charge on any atom is 0.212 e. The van der Waals surface area contributed by atoms with Crippen molar-refractivity contribution in [1.82, 2.24) is 9.62 Å². The molecule has 0 aromatic heterocycles. The number of nitrogens with one attached hydrogen (secondary N) is 1. The molecule has 0 rings (SSSR count). The highest BCUT2D eigenvalue weighted by molar-refractivity contribution is 7.89. The number of hydrogen-bond donors (Lipinski definition) is 2. The van der Waals surface area contributed by atoms with Crippen molar-refractivity contribution in [2.24, 2.45) is 0 Å². The molecule has 0 bridgehead atoms. The third-order valence-corrected chi connectivity index (χ3v) is 2.60. The molecule has 0 unspecified atom stereocenters. The molecule has 0 saturated heterocycles. The highest BCUT2D eigenvalue weighted by Gasteiger charge is 2.08. The molecule has 0 aliphatic heterocycles. The van der Waals surface area contributed by atoms with Gasteiger partial charge in [-0.3, -0.25) is 0 Å². The van der Waals surface area contributed by atoms with E-state index in [2.05, 4.69) is 4.72 Å². The zero-order chi connectivity index (χ0) is 9.61. The lowest BCUT2D eigenvalue weighted by Gasteiger charge is -2.09. The first-order valence-electron chi connectivity index (χ1n) is 3.71. The van der Waals surface area contributed by atoms with Gasteiger partial charge in [0.05, 0.1) is 12.4 Å². The Bertz CT molecular complexity index is 201. The van der Waals surface area contributed by atoms with Crippen LogP contribution in [0.1, 0.15) is 0 Å². The third-order valence-electron chi connectivity index (χ3n) is 1.24. The van der Waals surface area contributed by atoms with Gasteiger partial charge in [0.15, 0.2) is 0 Å². The molecule has 6 heteroatoms. The molecular weight excluding hydrogens is 180 g/mol. The maximum absolute atomic E-state index is 11.0. The predicted octanol–water partition coefficient (Wildman–Crippen LogP) is -1.54. The van der Waals surface area contributed by atoms with E-state index in [4.69, 9.17) is 5.11 Å². The molecule has 0 aliphatic carbocycles. The zero-order valence-electron chi connectivity index (χ0n) is 7.45. The minimum atomic E-state index is -3.19. The van der Waals surface area contributed by atoms with Gasteiger partial charge in [-0.15, -0.1) is 0 Å². The van der Waals surface area contributed by atoms with E-state index >= 15 is 0 Å². The largest absolute Gasteiger partial charge is 0.395 e. The normalized spacial score (nSPS) is 12.3. The van der Waals surface area contributed by atoms with Gasteiger partial charge in [0.25, 0.3) is 0 Å². The third kappa shape index (κ3) is 6.53. The highest BCUT2D eigenvalue weighted by atomic mass is 32.2. The topological polar surface area (TPSA) is 69.6 Å². The SMILES string of the molecule is CN(C)CCS(=O)(=O)NCCO. The van der Waals surface area contributed by atoms with Crippen LogP contribution in [-0.4, -0.2) is 58.0 Å². The molecule has 12 heavy (non-hydrogen) atoms. The molecule has 0 aromatic rings. The van der Waals surface area contributed by atoms with Gasteiger partial charge in [0.1, 0.15) is 0 Å². The first-order valence-corrected chi connectivity index (χ1v) is 5.36. The van der Waals surface area contributed by atoms with E-state index < -0.39 is 10.0 Å². The monoisotopic (exact) mass is 196 g/mol. The first kappa shape index (κ1) is 11.8. The summed E-state index contributed by atoms with van der Waals surface area (Å²) in [7, 11) is 0.424. The average molecular weight is 196 g/mol. The molecule has 0 aliphatic rings. The quantitative estimate of drug-likeness (QED) is 0.540. The first-order chi connectivity index (χ1) is 5.48. The van der Waals surface area contributed by atoms with Crippen LogP contribution in [0.25, 0.3) is 0 Å². The van der Waals surface area contributed by atoms with Crippen molar-refractivity contribution in [3.05, 3.63) is 0 Å². The van der Waals surface area contributed by atoms with Gasteiger partial charge in [-0.2, -0.15) is 0 Å². The summed E-state index contributed by atoms with van der Waals surface area (Å²) in [5, 5.41) is 8.37. The van der Waals surface area contributed by atoms with Crippen molar-refractivity contribution in [2.75, 3.05) is 39.5 Å². The van der Waals surface area contributed by atoms with Crippen LogP contribution < -0.4 is 4.72 Å². The van der Waals surface area contributed by atoms with Crippen LogP contribution in [0, 0.1) is 0 Å². The minimum Gasteiger partial charge on any atom is -0.395 e. The summed E-state index contributed by atoms with van der Waals surface area (Å²) < 4.78 is 24.3. The molecule has 0 atom stereocenters. The molecular formula is C6H16N2O3S. The Balaban J connectivity index is 3.73. The molecule has 0 spiro atoms. The zero-order valence-corrected chi connectivity index (χ0v) is 8.26. The van der Waals surface area contributed by atoms with Crippen molar-refractivity contribution in [3.8, 4) is 0 Å². The van der Waals surface area contributed by atoms with Gasteiger partial charge in [-0.1, -0.05) is 0 Å². The lowest BCUT2D eigenvalue weighted by molar-refractivity contribution is 0.301. The Morgan fingerprint density at radius 1 is 1.42 bits per heavy atom. The van der Waals surface area contributed by atoms with Gasteiger partial charge in [0, 0.05) is 13.1 Å². The molecule has 74 valence electrons. The van der Waals surface area contributed by atoms with Crippen LogP contribution in [0.3, 0.4) is 0 Å². The van der Waals surface area contributed by atoms with Crippen LogP contribution in [-0.2, 0) is 10.0 Å². The summed E-state index contributed by atoms with van der Waals surface area (Å²) in [5.41, 5.74) is 0. The molecule has 0 aromatic carbocycles. The fourth-order valence-electron chi connectivity index (χ4n) is 0.576. The molecule has 5 nitrogen and oxygen atoms in total. The van der Waals surface area contributed by atoms with Crippen LogP contribution >= 0.6 is 0 Å². The summed E-state index contributed by atoms with van der Waals surface area (Å²) >= 11 is 0. The van der Waals surface area contributed by atoms with Crippen LogP contribution in [0.4, 0.5) is 0 Å². The maximum atomic E-state index is 11.0. The van der Waals surface area contributed by atoms with E-state index in [-0.39, 0.29) is 18.9 Å². The molecule has 0 saturated carbocycles. The summed E-state index contributed by atoms with van der Waals surface area (Å²) in [5.74, 6) is 0.0694. The molecule has 2 N–H and O–H groups in total. The number of rotatable bonds is 6. The standard InChI is InChI=1S/C6H16N2O3S/c1-8(2)4-6-12(10,11)7-3-5-9/h7,9H,3-6H2,1-2H3. The number of aliphatic hydroxyl groups is 1. The van der Waals surface area contributed by atoms with E-state index in [0.29, 0.717) is 6.54 Å². The summed E-state index contributed by atoms with van der Waals surface area (Å²) in [6, 6.07) is 0. The van der Waals surface area contributed by atoms with E-state index in [1.54, 1.807) is 4.90 Å². The van der Waals surface area contributed by atoms with E-state index in [0.717, 1.165) is 0 Å². The van der Waals surface area contributed by atoms with Crippen molar-refractivity contribution in [3.63, 3.8) is 0 Å². The van der Waals surface area contributed by atoms with Gasteiger partial charge in [0.2, 0.25) is 10.0 Å². The molecule has 0 radical (unpaired) electrons. The number of hydrogen-bond acceptors (Lipinski definition) is 4. The minimum absolute atomic E-state index is 0.0694. The Kier molecular flexibility index (Phi) is 5.39. The van der Waals surface area contributed by atoms with Gasteiger partial charge < -0.3 is 10.0 Å². The molecule has 0 fully saturated rings. The van der Waals surface area contributed by atoms with Crippen LogP contribution in [0.2, 0.25) is 0 Å². The number of nitrogens with zero attached hydrogens (tertiary/aromatic N) is 1. The Hall–Kier alpha value is -0.170. The Morgan fingerprint density at radius 2 is 2.00 bits per heavy atom. The smallest absolute Gasteiger partial charge is 0.212 e. The second-order valence-electron chi connectivity index (χ2n) is 2.74. The van der Waals surface area contributed by atoms with E-state index in [1.807, 2.05) is 14.1 Å². The number of aliphatic hydroxyl groups excluding tert-OH is 1. The predicted molar refractivity (Wildman–Crippen MR) is 47.4 cm³/mol.